The molecule has 1 aromatic carbocycles. The molecular formula is C19H24F3N3O. The number of pyridine rings is 1. The van der Waals surface area contributed by atoms with Crippen LogP contribution in [0.3, 0.4) is 0 Å². The van der Waals surface area contributed by atoms with Crippen LogP contribution in [0, 0.1) is 0 Å². The number of piperidine rings is 1. The van der Waals surface area contributed by atoms with Crippen molar-refractivity contribution in [3.8, 4) is 0 Å². The number of likely N-dealkylation sites (tertiary alicyclic amines) is 1. The number of rotatable bonds is 6. The zero-order valence-corrected chi connectivity index (χ0v) is 14.9. The predicted octanol–water partition coefficient (Wildman–Crippen LogP) is 4.17. The minimum atomic E-state index is -4.35. The zero-order chi connectivity index (χ0) is 18.6. The highest BCUT2D eigenvalue weighted by atomic mass is 19.4. The fourth-order valence-electron chi connectivity index (χ4n) is 3.40. The molecule has 0 atom stereocenters. The van der Waals surface area contributed by atoms with E-state index >= 15 is 0 Å². The van der Waals surface area contributed by atoms with Crippen LogP contribution in [-0.4, -0.2) is 49.3 Å². The second-order valence-electron chi connectivity index (χ2n) is 6.69. The molecule has 4 nitrogen and oxygen atoms in total. The monoisotopic (exact) mass is 367 g/mol. The molecule has 0 aliphatic carbocycles. The maximum atomic E-state index is 12.9. The number of anilines is 1. The second-order valence-corrected chi connectivity index (χ2v) is 6.69. The lowest BCUT2D eigenvalue weighted by atomic mass is 10.0. The SMILES string of the molecule is COCCCN1CCC(Nc2ccnc3cc(C(F)(F)F)ccc23)CC1. The average Bonchev–Trinajstić information content (AvgIpc) is 2.62. The molecule has 3 rings (SSSR count). The minimum Gasteiger partial charge on any atom is -0.385 e. The Kier molecular flexibility index (Phi) is 5.98. The Hall–Kier alpha value is -1.86. The van der Waals surface area contributed by atoms with Crippen molar-refractivity contribution >= 4 is 16.6 Å². The van der Waals surface area contributed by atoms with Crippen LogP contribution in [0.25, 0.3) is 10.9 Å². The van der Waals surface area contributed by atoms with Crippen molar-refractivity contribution in [2.24, 2.45) is 0 Å². The first-order valence-electron chi connectivity index (χ1n) is 8.91. The van der Waals surface area contributed by atoms with Crippen molar-refractivity contribution < 1.29 is 17.9 Å². The van der Waals surface area contributed by atoms with Gasteiger partial charge >= 0.3 is 6.18 Å². The zero-order valence-electron chi connectivity index (χ0n) is 14.9. The first-order chi connectivity index (χ1) is 12.5. The van der Waals surface area contributed by atoms with Crippen LogP contribution in [-0.2, 0) is 10.9 Å². The molecule has 0 radical (unpaired) electrons. The van der Waals surface area contributed by atoms with E-state index < -0.39 is 11.7 Å². The van der Waals surface area contributed by atoms with Gasteiger partial charge in [0.05, 0.1) is 11.1 Å². The van der Waals surface area contributed by atoms with Gasteiger partial charge < -0.3 is 15.0 Å². The maximum Gasteiger partial charge on any atom is 0.416 e. The summed E-state index contributed by atoms with van der Waals surface area (Å²) in [6.07, 6.45) is 0.264. The van der Waals surface area contributed by atoms with Gasteiger partial charge in [0.2, 0.25) is 0 Å². The van der Waals surface area contributed by atoms with Gasteiger partial charge in [-0.2, -0.15) is 13.2 Å². The van der Waals surface area contributed by atoms with Crippen molar-refractivity contribution in [3.05, 3.63) is 36.0 Å². The molecule has 1 fully saturated rings. The van der Waals surface area contributed by atoms with E-state index in [1.54, 1.807) is 13.3 Å². The van der Waals surface area contributed by atoms with Crippen molar-refractivity contribution in [1.29, 1.82) is 0 Å². The smallest absolute Gasteiger partial charge is 0.385 e. The van der Waals surface area contributed by atoms with Crippen molar-refractivity contribution in [3.63, 3.8) is 0 Å². The number of ether oxygens (including phenoxy) is 1. The van der Waals surface area contributed by atoms with Crippen LogP contribution in [0.15, 0.2) is 30.5 Å². The summed E-state index contributed by atoms with van der Waals surface area (Å²) in [6.45, 7) is 3.85. The molecule has 1 aliphatic heterocycles. The van der Waals surface area contributed by atoms with Gasteiger partial charge in [0.25, 0.3) is 0 Å². The number of benzene rings is 1. The van der Waals surface area contributed by atoms with Gasteiger partial charge in [-0.05, 0) is 37.5 Å². The van der Waals surface area contributed by atoms with Gasteiger partial charge in [-0.1, -0.05) is 6.07 Å². The highest BCUT2D eigenvalue weighted by Crippen LogP contribution is 2.33. The van der Waals surface area contributed by atoms with Crippen LogP contribution < -0.4 is 5.32 Å². The number of hydrogen-bond acceptors (Lipinski definition) is 4. The summed E-state index contributed by atoms with van der Waals surface area (Å²) in [4.78, 5) is 6.53. The fourth-order valence-corrected chi connectivity index (χ4v) is 3.40. The topological polar surface area (TPSA) is 37.4 Å². The summed E-state index contributed by atoms with van der Waals surface area (Å²) in [5, 5.41) is 4.22. The molecule has 0 spiro atoms. The van der Waals surface area contributed by atoms with Gasteiger partial charge in [-0.25, -0.2) is 0 Å². The van der Waals surface area contributed by atoms with E-state index in [2.05, 4.69) is 15.2 Å². The lowest BCUT2D eigenvalue weighted by molar-refractivity contribution is -0.137. The van der Waals surface area contributed by atoms with E-state index in [9.17, 15) is 13.2 Å². The number of halogens is 3. The number of alkyl halides is 3. The first-order valence-corrected chi connectivity index (χ1v) is 8.91. The normalized spacial score (nSPS) is 16.9. The van der Waals surface area contributed by atoms with Crippen LogP contribution in [0.1, 0.15) is 24.8 Å². The van der Waals surface area contributed by atoms with E-state index in [1.807, 2.05) is 6.07 Å². The molecule has 0 bridgehead atoms. The third-order valence-electron chi connectivity index (χ3n) is 4.84. The Labute approximate surface area is 151 Å². The van der Waals surface area contributed by atoms with Crippen molar-refractivity contribution in [1.82, 2.24) is 9.88 Å². The summed E-state index contributed by atoms with van der Waals surface area (Å²) in [6, 6.07) is 5.89. The third-order valence-corrected chi connectivity index (χ3v) is 4.84. The molecule has 0 unspecified atom stereocenters. The molecule has 1 saturated heterocycles. The van der Waals surface area contributed by atoms with Crippen LogP contribution in [0.5, 0.6) is 0 Å². The number of aromatic nitrogens is 1. The molecule has 1 aliphatic rings. The summed E-state index contributed by atoms with van der Waals surface area (Å²) in [5.74, 6) is 0. The van der Waals surface area contributed by atoms with E-state index in [4.69, 9.17) is 4.74 Å². The Balaban J connectivity index is 1.64. The molecule has 142 valence electrons. The Morgan fingerprint density at radius 1 is 1.23 bits per heavy atom. The Morgan fingerprint density at radius 3 is 2.69 bits per heavy atom. The van der Waals surface area contributed by atoms with Crippen LogP contribution >= 0.6 is 0 Å². The molecule has 2 aromatic rings. The summed E-state index contributed by atoms with van der Waals surface area (Å²) in [7, 11) is 1.72. The van der Waals surface area contributed by atoms with E-state index in [0.717, 1.165) is 68.7 Å². The highest BCUT2D eigenvalue weighted by Gasteiger charge is 2.30. The minimum absolute atomic E-state index is 0.321. The maximum absolute atomic E-state index is 12.9. The molecular weight excluding hydrogens is 343 g/mol. The number of hydrogen-bond donors (Lipinski definition) is 1. The predicted molar refractivity (Wildman–Crippen MR) is 96.3 cm³/mol. The third kappa shape index (κ3) is 4.65. The second kappa shape index (κ2) is 8.22. The van der Waals surface area contributed by atoms with E-state index in [-0.39, 0.29) is 0 Å². The number of nitrogens with one attached hydrogen (secondary N) is 1. The lowest BCUT2D eigenvalue weighted by Crippen LogP contribution is -2.39. The number of nitrogens with zero attached hydrogens (tertiary/aromatic N) is 2. The van der Waals surface area contributed by atoms with Gasteiger partial charge in [0.15, 0.2) is 0 Å². The quantitative estimate of drug-likeness (QED) is 0.778. The standard InChI is InChI=1S/C19H24F3N3O/c1-26-12-2-9-25-10-6-15(7-11-25)24-17-5-8-23-18-13-14(19(20,21)22)3-4-16(17)18/h3-5,8,13,15H,2,6-7,9-12H2,1H3,(H,23,24). The van der Waals surface area contributed by atoms with Gasteiger partial charge in [-0.3, -0.25) is 4.98 Å². The van der Waals surface area contributed by atoms with E-state index in [0.29, 0.717) is 11.6 Å². The van der Waals surface area contributed by atoms with Crippen molar-refractivity contribution in [2.45, 2.75) is 31.5 Å². The van der Waals surface area contributed by atoms with Gasteiger partial charge in [-0.15, -0.1) is 0 Å². The van der Waals surface area contributed by atoms with Crippen molar-refractivity contribution in [2.75, 3.05) is 38.7 Å². The van der Waals surface area contributed by atoms with Crippen LogP contribution in [0.2, 0.25) is 0 Å². The molecule has 7 heteroatoms. The number of fused-ring (bicyclic) bond motifs is 1. The summed E-state index contributed by atoms with van der Waals surface area (Å²) in [5.41, 5.74) is 0.544. The molecule has 0 amide bonds. The van der Waals surface area contributed by atoms with E-state index in [1.165, 1.54) is 6.07 Å². The Bertz CT molecular complexity index is 728. The fraction of sp³-hybridized carbons (Fsp3) is 0.526. The average molecular weight is 367 g/mol. The van der Waals surface area contributed by atoms with Crippen LogP contribution in [0.4, 0.5) is 18.9 Å². The first kappa shape index (κ1) is 18.9. The molecule has 26 heavy (non-hydrogen) atoms. The lowest BCUT2D eigenvalue weighted by Gasteiger charge is -2.33. The molecule has 2 heterocycles. The summed E-state index contributed by atoms with van der Waals surface area (Å²) < 4.78 is 43.7. The molecule has 0 saturated carbocycles. The summed E-state index contributed by atoms with van der Waals surface area (Å²) >= 11 is 0. The van der Waals surface area contributed by atoms with Gasteiger partial charge in [0.1, 0.15) is 0 Å². The highest BCUT2D eigenvalue weighted by molar-refractivity contribution is 5.91. The largest absolute Gasteiger partial charge is 0.416 e. The van der Waals surface area contributed by atoms with Gasteiger partial charge in [0, 0.05) is 56.7 Å². The molecule has 1 aromatic heterocycles. The number of methoxy groups -OCH3 is 1. The molecule has 1 N–H and O–H groups in total. The Morgan fingerprint density at radius 2 is 2.00 bits per heavy atom.